The van der Waals surface area contributed by atoms with Crippen molar-refractivity contribution in [1.29, 1.82) is 0 Å². The number of hydrogen-bond acceptors (Lipinski definition) is 3. The highest BCUT2D eigenvalue weighted by Gasteiger charge is 2.16. The van der Waals surface area contributed by atoms with Crippen LogP contribution in [-0.2, 0) is 6.54 Å². The fourth-order valence-corrected chi connectivity index (χ4v) is 2.56. The van der Waals surface area contributed by atoms with E-state index < -0.39 is 0 Å². The number of rotatable bonds is 3. The molecule has 1 aromatic rings. The first-order chi connectivity index (χ1) is 9.86. The van der Waals surface area contributed by atoms with Crippen molar-refractivity contribution in [3.8, 4) is 11.5 Å². The first-order valence-corrected chi connectivity index (χ1v) is 7.28. The molecule has 2 aliphatic heterocycles. The summed E-state index contributed by atoms with van der Waals surface area (Å²) in [7, 11) is 0. The van der Waals surface area contributed by atoms with Crippen LogP contribution >= 0.6 is 24.0 Å². The molecule has 0 saturated carbocycles. The summed E-state index contributed by atoms with van der Waals surface area (Å²) in [5, 5.41) is 3.37. The second-order valence-electron chi connectivity index (χ2n) is 5.05. The van der Waals surface area contributed by atoms with Crippen LogP contribution in [0.15, 0.2) is 23.2 Å². The standard InChI is InChI=1S/C15H21N3O2.HI/c1-2-16-15(18-7-3-4-8-18)17-10-12-5-6-13-14(9-12)20-11-19-13;/h5-6,9H,2-4,7-8,10-11H2,1H3,(H,16,17);1H. The summed E-state index contributed by atoms with van der Waals surface area (Å²) >= 11 is 0. The number of hydrogen-bond donors (Lipinski definition) is 1. The Morgan fingerprint density at radius 1 is 1.24 bits per heavy atom. The smallest absolute Gasteiger partial charge is 0.231 e. The molecule has 1 fully saturated rings. The largest absolute Gasteiger partial charge is 0.454 e. The number of aliphatic imine (C=N–C) groups is 1. The van der Waals surface area contributed by atoms with E-state index >= 15 is 0 Å². The molecule has 5 nitrogen and oxygen atoms in total. The maximum absolute atomic E-state index is 5.40. The van der Waals surface area contributed by atoms with Crippen molar-refractivity contribution >= 4 is 29.9 Å². The van der Waals surface area contributed by atoms with Crippen LogP contribution in [0.3, 0.4) is 0 Å². The van der Waals surface area contributed by atoms with Crippen LogP contribution in [0.25, 0.3) is 0 Å². The molecule has 0 radical (unpaired) electrons. The van der Waals surface area contributed by atoms with E-state index in [2.05, 4.69) is 17.1 Å². The molecule has 2 aliphatic rings. The summed E-state index contributed by atoms with van der Waals surface area (Å²) in [5.41, 5.74) is 1.14. The number of fused-ring (bicyclic) bond motifs is 1. The lowest BCUT2D eigenvalue weighted by molar-refractivity contribution is 0.174. The van der Waals surface area contributed by atoms with Gasteiger partial charge in [0.15, 0.2) is 17.5 Å². The Hall–Kier alpha value is -1.18. The Bertz CT molecular complexity index is 502. The molecule has 0 bridgehead atoms. The van der Waals surface area contributed by atoms with Gasteiger partial charge in [0, 0.05) is 19.6 Å². The van der Waals surface area contributed by atoms with E-state index in [9.17, 15) is 0 Å². The van der Waals surface area contributed by atoms with Crippen LogP contribution in [0.2, 0.25) is 0 Å². The summed E-state index contributed by atoms with van der Waals surface area (Å²) in [6.45, 7) is 6.19. The van der Waals surface area contributed by atoms with Gasteiger partial charge in [-0.2, -0.15) is 0 Å². The predicted octanol–water partition coefficient (Wildman–Crippen LogP) is 2.59. The summed E-state index contributed by atoms with van der Waals surface area (Å²) in [5.74, 6) is 2.66. The van der Waals surface area contributed by atoms with E-state index in [0.29, 0.717) is 13.3 Å². The number of nitrogens with one attached hydrogen (secondary N) is 1. The molecule has 1 N–H and O–H groups in total. The quantitative estimate of drug-likeness (QED) is 0.479. The fourth-order valence-electron chi connectivity index (χ4n) is 2.56. The van der Waals surface area contributed by atoms with Gasteiger partial charge in [0.1, 0.15) is 0 Å². The van der Waals surface area contributed by atoms with Crippen molar-refractivity contribution in [3.05, 3.63) is 23.8 Å². The van der Waals surface area contributed by atoms with Crippen molar-refractivity contribution in [2.24, 2.45) is 4.99 Å². The normalized spacial score (nSPS) is 16.8. The first-order valence-electron chi connectivity index (χ1n) is 7.28. The molecule has 1 aromatic carbocycles. The van der Waals surface area contributed by atoms with Crippen LogP contribution in [0, 0.1) is 0 Å². The molecule has 0 aromatic heterocycles. The molecule has 6 heteroatoms. The number of benzene rings is 1. The van der Waals surface area contributed by atoms with E-state index in [4.69, 9.17) is 14.5 Å². The van der Waals surface area contributed by atoms with Crippen molar-refractivity contribution in [2.75, 3.05) is 26.4 Å². The lowest BCUT2D eigenvalue weighted by Crippen LogP contribution is -2.39. The van der Waals surface area contributed by atoms with Gasteiger partial charge in [-0.1, -0.05) is 6.07 Å². The highest BCUT2D eigenvalue weighted by Crippen LogP contribution is 2.32. The molecule has 0 spiro atoms. The Morgan fingerprint density at radius 2 is 2.00 bits per heavy atom. The summed E-state index contributed by atoms with van der Waals surface area (Å²) in [6.07, 6.45) is 2.52. The van der Waals surface area contributed by atoms with Gasteiger partial charge in [-0.25, -0.2) is 4.99 Å². The van der Waals surface area contributed by atoms with Crippen LogP contribution in [0.4, 0.5) is 0 Å². The third-order valence-electron chi connectivity index (χ3n) is 3.59. The third kappa shape index (κ3) is 3.93. The monoisotopic (exact) mass is 403 g/mol. The Kier molecular flexibility index (Phi) is 5.96. The van der Waals surface area contributed by atoms with Crippen LogP contribution < -0.4 is 14.8 Å². The molecule has 116 valence electrons. The lowest BCUT2D eigenvalue weighted by Gasteiger charge is -2.20. The summed E-state index contributed by atoms with van der Waals surface area (Å²) in [4.78, 5) is 7.06. The zero-order valence-electron chi connectivity index (χ0n) is 12.3. The number of likely N-dealkylation sites (tertiary alicyclic amines) is 1. The first kappa shape index (κ1) is 16.2. The molecule has 3 rings (SSSR count). The van der Waals surface area contributed by atoms with Crippen molar-refractivity contribution < 1.29 is 9.47 Å². The Balaban J connectivity index is 0.00000161. The van der Waals surface area contributed by atoms with Crippen molar-refractivity contribution in [3.63, 3.8) is 0 Å². The second kappa shape index (κ2) is 7.72. The van der Waals surface area contributed by atoms with E-state index in [1.165, 1.54) is 12.8 Å². The number of ether oxygens (including phenoxy) is 2. The van der Waals surface area contributed by atoms with Crippen LogP contribution in [0.5, 0.6) is 11.5 Å². The van der Waals surface area contributed by atoms with Crippen molar-refractivity contribution in [1.82, 2.24) is 10.2 Å². The predicted molar refractivity (Wildman–Crippen MR) is 93.6 cm³/mol. The minimum Gasteiger partial charge on any atom is -0.454 e. The number of nitrogens with zero attached hydrogens (tertiary/aromatic N) is 2. The average molecular weight is 403 g/mol. The highest BCUT2D eigenvalue weighted by atomic mass is 127. The van der Waals surface area contributed by atoms with Gasteiger partial charge >= 0.3 is 0 Å². The topological polar surface area (TPSA) is 46.1 Å². The molecule has 0 aliphatic carbocycles. The number of halogens is 1. The molecule has 1 saturated heterocycles. The SMILES string of the molecule is CCNC(=NCc1ccc2c(c1)OCO2)N1CCCC1.I. The molecular weight excluding hydrogens is 381 g/mol. The molecule has 0 unspecified atom stereocenters. The van der Waals surface area contributed by atoms with Gasteiger partial charge in [0.2, 0.25) is 6.79 Å². The minimum atomic E-state index is 0. The maximum Gasteiger partial charge on any atom is 0.231 e. The van der Waals surface area contributed by atoms with Gasteiger partial charge in [-0.3, -0.25) is 0 Å². The van der Waals surface area contributed by atoms with Gasteiger partial charge in [-0.15, -0.1) is 24.0 Å². The van der Waals surface area contributed by atoms with Gasteiger partial charge in [0.05, 0.1) is 6.54 Å². The highest BCUT2D eigenvalue weighted by molar-refractivity contribution is 14.0. The van der Waals surface area contributed by atoms with Gasteiger partial charge < -0.3 is 19.7 Å². The van der Waals surface area contributed by atoms with E-state index in [-0.39, 0.29) is 24.0 Å². The van der Waals surface area contributed by atoms with Crippen LogP contribution in [-0.4, -0.2) is 37.3 Å². The third-order valence-corrected chi connectivity index (χ3v) is 3.59. The fraction of sp³-hybridized carbons (Fsp3) is 0.533. The second-order valence-corrected chi connectivity index (χ2v) is 5.05. The van der Waals surface area contributed by atoms with Gasteiger partial charge in [0.25, 0.3) is 0 Å². The van der Waals surface area contributed by atoms with Crippen LogP contribution in [0.1, 0.15) is 25.3 Å². The molecule has 0 atom stereocenters. The maximum atomic E-state index is 5.40. The van der Waals surface area contributed by atoms with E-state index in [1.807, 2.05) is 18.2 Å². The van der Waals surface area contributed by atoms with Crippen molar-refractivity contribution in [2.45, 2.75) is 26.3 Å². The Morgan fingerprint density at radius 3 is 2.76 bits per heavy atom. The molecule has 0 amide bonds. The van der Waals surface area contributed by atoms with Gasteiger partial charge in [-0.05, 0) is 37.5 Å². The van der Waals surface area contributed by atoms with E-state index in [0.717, 1.165) is 42.7 Å². The lowest BCUT2D eigenvalue weighted by atomic mass is 10.2. The molecule has 21 heavy (non-hydrogen) atoms. The number of guanidine groups is 1. The molecule has 2 heterocycles. The van der Waals surface area contributed by atoms with E-state index in [1.54, 1.807) is 0 Å². The Labute approximate surface area is 142 Å². The summed E-state index contributed by atoms with van der Waals surface area (Å²) in [6, 6.07) is 6.01. The zero-order chi connectivity index (χ0) is 13.8. The molecular formula is C15H22IN3O2. The zero-order valence-corrected chi connectivity index (χ0v) is 14.6. The summed E-state index contributed by atoms with van der Waals surface area (Å²) < 4.78 is 10.7. The minimum absolute atomic E-state index is 0. The average Bonchev–Trinajstić information content (AvgIpc) is 3.13.